The highest BCUT2D eigenvalue weighted by Gasteiger charge is 2.24. The molecular weight excluding hydrogens is 408 g/mol. The van der Waals surface area contributed by atoms with Crippen molar-refractivity contribution in [1.82, 2.24) is 9.62 Å². The fourth-order valence-electron chi connectivity index (χ4n) is 2.88. The lowest BCUT2D eigenvalue weighted by Crippen LogP contribution is -2.39. The van der Waals surface area contributed by atoms with Crippen LogP contribution in [0.15, 0.2) is 41.3 Å². The van der Waals surface area contributed by atoms with Gasteiger partial charge in [-0.3, -0.25) is 4.79 Å². The average Bonchev–Trinajstić information content (AvgIpc) is 2.69. The Labute approximate surface area is 177 Å². The minimum atomic E-state index is -3.87. The van der Waals surface area contributed by atoms with Crippen molar-refractivity contribution in [2.24, 2.45) is 0 Å². The minimum absolute atomic E-state index is 0.00796. The van der Waals surface area contributed by atoms with E-state index in [2.05, 4.69) is 5.32 Å². The highest BCUT2D eigenvalue weighted by Crippen LogP contribution is 2.30. The third-order valence-corrected chi connectivity index (χ3v) is 6.12. The number of benzene rings is 2. The summed E-state index contributed by atoms with van der Waals surface area (Å²) in [7, 11) is 0.363. The fourth-order valence-corrected chi connectivity index (χ4v) is 4.02. The lowest BCUT2D eigenvalue weighted by atomic mass is 10.1. The number of hydrogen-bond donors (Lipinski definition) is 1. The summed E-state index contributed by atoms with van der Waals surface area (Å²) < 4.78 is 42.4. The Hall–Kier alpha value is -2.78. The van der Waals surface area contributed by atoms with E-state index in [1.54, 1.807) is 0 Å². The van der Waals surface area contributed by atoms with E-state index in [0.717, 1.165) is 21.2 Å². The third kappa shape index (κ3) is 6.11. The number of carbonyl (C=O) groups is 1. The molecule has 0 aromatic heterocycles. The Bertz CT molecular complexity index is 971. The zero-order chi connectivity index (χ0) is 22.3. The van der Waals surface area contributed by atoms with Crippen molar-refractivity contribution in [1.29, 1.82) is 0 Å². The molecule has 0 aliphatic carbocycles. The molecule has 0 saturated heterocycles. The van der Waals surface area contributed by atoms with E-state index in [1.165, 1.54) is 39.5 Å². The van der Waals surface area contributed by atoms with Crippen LogP contribution >= 0.6 is 0 Å². The molecule has 0 saturated carbocycles. The van der Waals surface area contributed by atoms with Crippen molar-refractivity contribution in [2.75, 3.05) is 41.0 Å². The van der Waals surface area contributed by atoms with Crippen LogP contribution in [0, 0.1) is 13.8 Å². The van der Waals surface area contributed by atoms with Crippen molar-refractivity contribution in [3.05, 3.63) is 47.5 Å². The Balaban J connectivity index is 1.89. The molecule has 1 N–H and O–H groups in total. The number of nitrogens with one attached hydrogen (secondary N) is 1. The van der Waals surface area contributed by atoms with Gasteiger partial charge in [0.15, 0.2) is 11.5 Å². The first-order chi connectivity index (χ1) is 14.2. The van der Waals surface area contributed by atoms with Gasteiger partial charge in [0.2, 0.25) is 15.9 Å². The van der Waals surface area contributed by atoms with Gasteiger partial charge in [-0.1, -0.05) is 6.07 Å². The van der Waals surface area contributed by atoms with E-state index in [1.807, 2.05) is 32.0 Å². The molecule has 9 heteroatoms. The molecular formula is C21H28N2O6S. The van der Waals surface area contributed by atoms with Crippen LogP contribution in [-0.2, 0) is 14.8 Å². The van der Waals surface area contributed by atoms with Gasteiger partial charge in [0.1, 0.15) is 12.4 Å². The average molecular weight is 437 g/mol. The van der Waals surface area contributed by atoms with Crippen LogP contribution < -0.4 is 19.5 Å². The summed E-state index contributed by atoms with van der Waals surface area (Å²) in [5, 5.41) is 2.66. The molecule has 0 radical (unpaired) electrons. The monoisotopic (exact) mass is 436 g/mol. The summed E-state index contributed by atoms with van der Waals surface area (Å²) >= 11 is 0. The molecule has 0 aliphatic rings. The first-order valence-electron chi connectivity index (χ1n) is 9.33. The first kappa shape index (κ1) is 23.5. The van der Waals surface area contributed by atoms with Gasteiger partial charge in [0.05, 0.1) is 32.2 Å². The van der Waals surface area contributed by atoms with Crippen LogP contribution in [0.3, 0.4) is 0 Å². The number of aryl methyl sites for hydroxylation is 2. The van der Waals surface area contributed by atoms with Crippen LogP contribution in [0.1, 0.15) is 11.1 Å². The summed E-state index contributed by atoms with van der Waals surface area (Å²) in [6, 6.07) is 10.1. The van der Waals surface area contributed by atoms with Crippen molar-refractivity contribution in [3.63, 3.8) is 0 Å². The van der Waals surface area contributed by atoms with Gasteiger partial charge in [-0.25, -0.2) is 8.42 Å². The topological polar surface area (TPSA) is 94.2 Å². The number of hydrogen-bond acceptors (Lipinski definition) is 6. The second-order valence-electron chi connectivity index (χ2n) is 6.80. The van der Waals surface area contributed by atoms with Gasteiger partial charge in [0, 0.05) is 13.1 Å². The van der Waals surface area contributed by atoms with Gasteiger partial charge in [0.25, 0.3) is 0 Å². The SMILES string of the molecule is COc1ccc(S(=O)(=O)N(C)CC(=O)NCCOc2cc(C)cc(C)c2)cc1OC. The molecule has 2 aromatic rings. The maximum absolute atomic E-state index is 12.7. The highest BCUT2D eigenvalue weighted by atomic mass is 32.2. The van der Waals surface area contributed by atoms with Gasteiger partial charge >= 0.3 is 0 Å². The molecule has 0 atom stereocenters. The predicted octanol–water partition coefficient (Wildman–Crippen LogP) is 2.14. The zero-order valence-electron chi connectivity index (χ0n) is 17.9. The van der Waals surface area contributed by atoms with E-state index in [9.17, 15) is 13.2 Å². The largest absolute Gasteiger partial charge is 0.493 e. The summed E-state index contributed by atoms with van der Waals surface area (Å²) in [5.74, 6) is 1.01. The van der Waals surface area contributed by atoms with E-state index in [4.69, 9.17) is 14.2 Å². The molecule has 0 unspecified atom stereocenters. The smallest absolute Gasteiger partial charge is 0.243 e. The second kappa shape index (κ2) is 10.3. The third-order valence-electron chi connectivity index (χ3n) is 4.32. The van der Waals surface area contributed by atoms with Crippen LogP contribution in [0.2, 0.25) is 0 Å². The molecule has 30 heavy (non-hydrogen) atoms. The molecule has 0 spiro atoms. The molecule has 0 aliphatic heterocycles. The van der Waals surface area contributed by atoms with E-state index >= 15 is 0 Å². The molecule has 0 heterocycles. The Morgan fingerprint density at radius 1 is 1.00 bits per heavy atom. The maximum Gasteiger partial charge on any atom is 0.243 e. The van der Waals surface area contributed by atoms with Crippen LogP contribution in [0.4, 0.5) is 0 Å². The molecule has 0 fully saturated rings. The van der Waals surface area contributed by atoms with Gasteiger partial charge in [-0.2, -0.15) is 4.31 Å². The number of nitrogens with zero attached hydrogens (tertiary/aromatic N) is 1. The normalized spacial score (nSPS) is 11.3. The number of amides is 1. The zero-order valence-corrected chi connectivity index (χ0v) is 18.7. The van der Waals surface area contributed by atoms with E-state index in [-0.39, 0.29) is 24.6 Å². The quantitative estimate of drug-likeness (QED) is 0.574. The second-order valence-corrected chi connectivity index (χ2v) is 8.84. The summed E-state index contributed by atoms with van der Waals surface area (Å²) in [4.78, 5) is 12.2. The minimum Gasteiger partial charge on any atom is -0.493 e. The van der Waals surface area contributed by atoms with Gasteiger partial charge < -0.3 is 19.5 Å². The standard InChI is InChI=1S/C21H28N2O6S/c1-15-10-16(2)12-17(11-15)29-9-8-22-21(24)14-23(3)30(25,26)18-6-7-19(27-4)20(13-18)28-5/h6-7,10-13H,8-9,14H2,1-5H3,(H,22,24). The molecule has 0 bridgehead atoms. The molecule has 164 valence electrons. The summed E-state index contributed by atoms with van der Waals surface area (Å²) in [6.07, 6.45) is 0. The van der Waals surface area contributed by atoms with Crippen molar-refractivity contribution in [2.45, 2.75) is 18.7 Å². The number of rotatable bonds is 10. The van der Waals surface area contributed by atoms with Crippen molar-refractivity contribution >= 4 is 15.9 Å². The van der Waals surface area contributed by atoms with Crippen LogP contribution in [0.25, 0.3) is 0 Å². The van der Waals surface area contributed by atoms with Crippen molar-refractivity contribution < 1.29 is 27.4 Å². The van der Waals surface area contributed by atoms with Gasteiger partial charge in [-0.15, -0.1) is 0 Å². The lowest BCUT2D eigenvalue weighted by molar-refractivity contribution is -0.121. The van der Waals surface area contributed by atoms with E-state index in [0.29, 0.717) is 11.5 Å². The molecule has 2 aromatic carbocycles. The van der Waals surface area contributed by atoms with Crippen molar-refractivity contribution in [3.8, 4) is 17.2 Å². The van der Waals surface area contributed by atoms with Crippen LogP contribution in [-0.4, -0.2) is 59.6 Å². The predicted molar refractivity (Wildman–Crippen MR) is 114 cm³/mol. The number of methoxy groups -OCH3 is 2. The summed E-state index contributed by atoms with van der Waals surface area (Å²) in [5.41, 5.74) is 2.19. The Morgan fingerprint density at radius 3 is 2.23 bits per heavy atom. The number of likely N-dealkylation sites (N-methyl/N-ethyl adjacent to an activating group) is 1. The van der Waals surface area contributed by atoms with Crippen LogP contribution in [0.5, 0.6) is 17.2 Å². The number of sulfonamides is 1. The molecule has 2 rings (SSSR count). The fraction of sp³-hybridized carbons (Fsp3) is 0.381. The first-order valence-corrected chi connectivity index (χ1v) is 10.8. The molecule has 1 amide bonds. The highest BCUT2D eigenvalue weighted by molar-refractivity contribution is 7.89. The number of ether oxygens (including phenoxy) is 3. The number of carbonyl (C=O) groups excluding carboxylic acids is 1. The summed E-state index contributed by atoms with van der Waals surface area (Å²) in [6.45, 7) is 4.18. The molecule has 8 nitrogen and oxygen atoms in total. The Kier molecular flexibility index (Phi) is 8.08. The van der Waals surface area contributed by atoms with Gasteiger partial charge in [-0.05, 0) is 49.2 Å². The Morgan fingerprint density at radius 2 is 1.63 bits per heavy atom. The maximum atomic E-state index is 12.7. The lowest BCUT2D eigenvalue weighted by Gasteiger charge is -2.18. The van der Waals surface area contributed by atoms with E-state index < -0.39 is 15.9 Å².